The Hall–Kier alpha value is -2.94. The van der Waals surface area contributed by atoms with E-state index in [0.717, 1.165) is 48.4 Å². The van der Waals surface area contributed by atoms with Gasteiger partial charge in [-0.3, -0.25) is 4.98 Å². The van der Waals surface area contributed by atoms with Gasteiger partial charge in [0.15, 0.2) is 5.82 Å². The lowest BCUT2D eigenvalue weighted by Gasteiger charge is -2.24. The third-order valence-electron chi connectivity index (χ3n) is 5.06. The van der Waals surface area contributed by atoms with Gasteiger partial charge in [-0.05, 0) is 37.6 Å². The predicted octanol–water partition coefficient (Wildman–Crippen LogP) is 3.57. The summed E-state index contributed by atoms with van der Waals surface area (Å²) in [6.45, 7) is 1.95. The quantitative estimate of drug-likeness (QED) is 0.428. The lowest BCUT2D eigenvalue weighted by molar-refractivity contribution is 0.473. The maximum Gasteiger partial charge on any atom is 0.165 e. The highest BCUT2D eigenvalue weighted by molar-refractivity contribution is 5.85. The van der Waals surface area contributed by atoms with E-state index in [4.69, 9.17) is 9.97 Å². The number of halogens is 2. The Morgan fingerprint density at radius 1 is 1.10 bits per heavy atom. The molecule has 4 aromatic heterocycles. The molecule has 0 aliphatic carbocycles. The molecule has 1 aliphatic rings. The summed E-state index contributed by atoms with van der Waals surface area (Å²) in [6, 6.07) is 9.76. The van der Waals surface area contributed by atoms with Crippen LogP contribution in [-0.2, 0) is 0 Å². The van der Waals surface area contributed by atoms with Crippen LogP contribution < -0.4 is 10.6 Å². The molecule has 1 fully saturated rings. The molecule has 0 aromatic carbocycles. The van der Waals surface area contributed by atoms with Gasteiger partial charge in [0.25, 0.3) is 0 Å². The molecule has 0 radical (unpaired) electrons. The summed E-state index contributed by atoms with van der Waals surface area (Å²) >= 11 is 0. The minimum Gasteiger partial charge on any atom is -0.506 e. The number of aromatic nitrogens is 5. The van der Waals surface area contributed by atoms with Crippen LogP contribution in [0.5, 0.6) is 5.75 Å². The van der Waals surface area contributed by atoms with Gasteiger partial charge in [-0.1, -0.05) is 6.07 Å². The van der Waals surface area contributed by atoms with Crippen molar-refractivity contribution in [2.75, 3.05) is 18.4 Å². The zero-order valence-corrected chi connectivity index (χ0v) is 18.2. The number of nitrogens with one attached hydrogen (secondary N) is 2. The first-order valence-electron chi connectivity index (χ1n) is 9.70. The van der Waals surface area contributed by atoms with Gasteiger partial charge in [-0.25, -0.2) is 14.5 Å². The van der Waals surface area contributed by atoms with E-state index in [1.54, 1.807) is 23.0 Å². The molecule has 0 amide bonds. The second-order valence-electron chi connectivity index (χ2n) is 7.17. The number of pyridine rings is 2. The van der Waals surface area contributed by atoms with E-state index in [1.165, 1.54) is 6.20 Å². The third-order valence-corrected chi connectivity index (χ3v) is 5.06. The Bertz CT molecular complexity index is 1160. The van der Waals surface area contributed by atoms with Crippen LogP contribution in [0.1, 0.15) is 12.8 Å². The van der Waals surface area contributed by atoms with Gasteiger partial charge in [0.05, 0.1) is 29.2 Å². The number of rotatable bonds is 4. The minimum absolute atomic E-state index is 0. The summed E-state index contributed by atoms with van der Waals surface area (Å²) in [5.74, 6) is 1.43. The van der Waals surface area contributed by atoms with E-state index in [9.17, 15) is 5.11 Å². The number of aromatic hydroxyl groups is 1. The van der Waals surface area contributed by atoms with E-state index in [1.807, 2.05) is 30.5 Å². The molecule has 162 valence electrons. The van der Waals surface area contributed by atoms with Crippen LogP contribution in [0, 0.1) is 0 Å². The molecule has 4 aromatic rings. The Balaban J connectivity index is 0.00000136. The SMILES string of the molecule is Cl.Cl.Oc1cncc(-c2cc(N[C@@H]3CCCNC3)nc(-c3cnn4ccccc34)n2)c1. The van der Waals surface area contributed by atoms with Crippen LogP contribution in [-0.4, -0.2) is 48.8 Å². The van der Waals surface area contributed by atoms with Crippen LogP contribution in [0.2, 0.25) is 0 Å². The zero-order valence-electron chi connectivity index (χ0n) is 16.6. The molecular weight excluding hydrogens is 437 g/mol. The number of piperidine rings is 1. The molecule has 0 unspecified atom stereocenters. The van der Waals surface area contributed by atoms with Crippen molar-refractivity contribution >= 4 is 36.1 Å². The summed E-state index contributed by atoms with van der Waals surface area (Å²) in [6.07, 6.45) is 8.99. The molecule has 1 aliphatic heterocycles. The first-order valence-corrected chi connectivity index (χ1v) is 9.70. The lowest BCUT2D eigenvalue weighted by atomic mass is 10.1. The Morgan fingerprint density at radius 3 is 2.81 bits per heavy atom. The maximum absolute atomic E-state index is 9.86. The van der Waals surface area contributed by atoms with Gasteiger partial charge in [-0.2, -0.15) is 5.10 Å². The average molecular weight is 460 g/mol. The summed E-state index contributed by atoms with van der Waals surface area (Å²) in [5, 5.41) is 21.2. The van der Waals surface area contributed by atoms with Crippen molar-refractivity contribution in [3.05, 3.63) is 55.1 Å². The van der Waals surface area contributed by atoms with E-state index >= 15 is 0 Å². The van der Waals surface area contributed by atoms with E-state index in [0.29, 0.717) is 17.6 Å². The van der Waals surface area contributed by atoms with Crippen molar-refractivity contribution in [1.29, 1.82) is 0 Å². The van der Waals surface area contributed by atoms with Crippen LogP contribution >= 0.6 is 24.8 Å². The molecule has 0 bridgehead atoms. The molecule has 5 heterocycles. The normalized spacial score (nSPS) is 15.7. The molecule has 1 saturated heterocycles. The second-order valence-corrected chi connectivity index (χ2v) is 7.17. The highest BCUT2D eigenvalue weighted by atomic mass is 35.5. The van der Waals surface area contributed by atoms with Gasteiger partial charge in [0, 0.05) is 36.6 Å². The number of nitrogens with zero attached hydrogens (tertiary/aromatic N) is 5. The van der Waals surface area contributed by atoms with Crippen molar-refractivity contribution in [3.63, 3.8) is 0 Å². The van der Waals surface area contributed by atoms with E-state index in [-0.39, 0.29) is 30.6 Å². The van der Waals surface area contributed by atoms with Crippen LogP contribution in [0.15, 0.2) is 55.1 Å². The van der Waals surface area contributed by atoms with Crippen molar-refractivity contribution < 1.29 is 5.11 Å². The first kappa shape index (κ1) is 22.7. The fourth-order valence-corrected chi connectivity index (χ4v) is 3.65. The van der Waals surface area contributed by atoms with Crippen LogP contribution in [0.4, 0.5) is 5.82 Å². The molecule has 3 N–H and O–H groups in total. The van der Waals surface area contributed by atoms with Gasteiger partial charge >= 0.3 is 0 Å². The van der Waals surface area contributed by atoms with Crippen molar-refractivity contribution in [1.82, 2.24) is 29.9 Å². The van der Waals surface area contributed by atoms with E-state index in [2.05, 4.69) is 20.7 Å². The fraction of sp³-hybridized carbons (Fsp3) is 0.238. The molecule has 0 saturated carbocycles. The third kappa shape index (κ3) is 4.87. The minimum atomic E-state index is 0. The van der Waals surface area contributed by atoms with Gasteiger partial charge in [0.2, 0.25) is 0 Å². The van der Waals surface area contributed by atoms with Crippen LogP contribution in [0.3, 0.4) is 0 Å². The molecule has 10 heteroatoms. The van der Waals surface area contributed by atoms with Gasteiger partial charge < -0.3 is 15.7 Å². The number of hydrogen-bond donors (Lipinski definition) is 3. The molecule has 31 heavy (non-hydrogen) atoms. The standard InChI is InChI=1S/C21H21N7O.2ClH/c29-16-8-14(10-23-12-16)18-9-20(25-15-4-3-6-22-11-15)27-21(26-18)17-13-24-28-7-2-1-5-19(17)28;;/h1-2,5,7-10,12-13,15,22,29H,3-4,6,11H2,(H,25,26,27);2*1H/t15-;;/m1../s1. The van der Waals surface area contributed by atoms with Crippen molar-refractivity contribution in [2.24, 2.45) is 0 Å². The smallest absolute Gasteiger partial charge is 0.165 e. The first-order chi connectivity index (χ1) is 14.3. The average Bonchev–Trinajstić information content (AvgIpc) is 3.18. The van der Waals surface area contributed by atoms with Crippen molar-refractivity contribution in [3.8, 4) is 28.4 Å². The van der Waals surface area contributed by atoms with Gasteiger partial charge in [-0.15, -0.1) is 24.8 Å². The largest absolute Gasteiger partial charge is 0.506 e. The van der Waals surface area contributed by atoms with Crippen LogP contribution in [0.25, 0.3) is 28.2 Å². The fourth-order valence-electron chi connectivity index (χ4n) is 3.65. The molecule has 1 atom stereocenters. The zero-order chi connectivity index (χ0) is 19.6. The van der Waals surface area contributed by atoms with Gasteiger partial charge in [0.1, 0.15) is 11.6 Å². The molecular formula is C21H23Cl2N7O. The van der Waals surface area contributed by atoms with Crippen molar-refractivity contribution in [2.45, 2.75) is 18.9 Å². The van der Waals surface area contributed by atoms with E-state index < -0.39 is 0 Å². The number of hydrogen-bond acceptors (Lipinski definition) is 7. The lowest BCUT2D eigenvalue weighted by Crippen LogP contribution is -2.38. The highest BCUT2D eigenvalue weighted by Gasteiger charge is 2.17. The Labute approximate surface area is 192 Å². The highest BCUT2D eigenvalue weighted by Crippen LogP contribution is 2.28. The Kier molecular flexibility index (Phi) is 7.27. The Morgan fingerprint density at radius 2 is 2.00 bits per heavy atom. The summed E-state index contributed by atoms with van der Waals surface area (Å²) in [4.78, 5) is 13.6. The second kappa shape index (κ2) is 9.91. The number of anilines is 1. The summed E-state index contributed by atoms with van der Waals surface area (Å²) < 4.78 is 1.80. The maximum atomic E-state index is 9.86. The summed E-state index contributed by atoms with van der Waals surface area (Å²) in [5.41, 5.74) is 3.21. The topological polar surface area (TPSA) is 100 Å². The number of fused-ring (bicyclic) bond motifs is 1. The molecule has 5 rings (SSSR count). The monoisotopic (exact) mass is 459 g/mol. The molecule has 0 spiro atoms. The predicted molar refractivity (Wildman–Crippen MR) is 125 cm³/mol. The molecule has 8 nitrogen and oxygen atoms in total. The summed E-state index contributed by atoms with van der Waals surface area (Å²) in [7, 11) is 0.